The van der Waals surface area contributed by atoms with Gasteiger partial charge in [0.1, 0.15) is 0 Å². The lowest BCUT2D eigenvalue weighted by Crippen LogP contribution is -2.43. The molecule has 0 atom stereocenters. The topological polar surface area (TPSA) is 20.3 Å². The van der Waals surface area contributed by atoms with E-state index in [0.29, 0.717) is 5.88 Å². The number of amides is 1. The van der Waals surface area contributed by atoms with Crippen LogP contribution in [0.1, 0.15) is 42.6 Å². The minimum absolute atomic E-state index is 0.142. The number of likely N-dealkylation sites (tertiary alicyclic amines) is 1. The molecule has 1 fully saturated rings. The Hall–Kier alpha value is -1.02. The number of halogens is 1. The Labute approximate surface area is 114 Å². The maximum absolute atomic E-state index is 12.4. The molecule has 2 nitrogen and oxygen atoms in total. The van der Waals surface area contributed by atoms with Crippen molar-refractivity contribution in [2.75, 3.05) is 13.1 Å². The number of hydrogen-bond acceptors (Lipinski definition) is 1. The van der Waals surface area contributed by atoms with Crippen LogP contribution in [0.5, 0.6) is 0 Å². The maximum atomic E-state index is 12.4. The SMILES string of the molecule is CC1(C)CCCN(C(=O)c2ccc(CCl)cc2)C1. The largest absolute Gasteiger partial charge is 0.338 e. The Kier molecular flexibility index (Phi) is 3.96. The molecule has 1 aromatic rings. The summed E-state index contributed by atoms with van der Waals surface area (Å²) in [5.74, 6) is 0.634. The number of alkyl halides is 1. The molecule has 0 N–H and O–H groups in total. The second-order valence-corrected chi connectivity index (χ2v) is 6.09. The van der Waals surface area contributed by atoms with Gasteiger partial charge in [0.15, 0.2) is 0 Å². The Morgan fingerprint density at radius 2 is 2.00 bits per heavy atom. The van der Waals surface area contributed by atoms with Gasteiger partial charge in [-0.2, -0.15) is 0 Å². The Balaban J connectivity index is 2.10. The third-order valence-electron chi connectivity index (χ3n) is 3.54. The highest BCUT2D eigenvalue weighted by atomic mass is 35.5. The molecule has 0 radical (unpaired) electrons. The molecule has 0 spiro atoms. The van der Waals surface area contributed by atoms with Gasteiger partial charge in [-0.15, -0.1) is 11.6 Å². The molecule has 1 aliphatic heterocycles. The van der Waals surface area contributed by atoms with Gasteiger partial charge in [0.05, 0.1) is 0 Å². The number of rotatable bonds is 2. The van der Waals surface area contributed by atoms with Crippen LogP contribution in [0.3, 0.4) is 0 Å². The van der Waals surface area contributed by atoms with E-state index in [0.717, 1.165) is 30.6 Å². The van der Waals surface area contributed by atoms with E-state index in [9.17, 15) is 4.79 Å². The van der Waals surface area contributed by atoms with Crippen molar-refractivity contribution in [1.29, 1.82) is 0 Å². The lowest BCUT2D eigenvalue weighted by atomic mass is 9.84. The molecule has 3 heteroatoms. The lowest BCUT2D eigenvalue weighted by molar-refractivity contribution is 0.0583. The predicted octanol–water partition coefficient (Wildman–Crippen LogP) is 3.69. The van der Waals surface area contributed by atoms with Crippen LogP contribution < -0.4 is 0 Å². The second-order valence-electron chi connectivity index (χ2n) is 5.83. The molecule has 0 saturated carbocycles. The van der Waals surface area contributed by atoms with Gasteiger partial charge in [0, 0.05) is 24.5 Å². The average Bonchev–Trinajstić information content (AvgIpc) is 2.37. The van der Waals surface area contributed by atoms with Crippen LogP contribution in [-0.2, 0) is 5.88 Å². The van der Waals surface area contributed by atoms with Crippen molar-refractivity contribution in [1.82, 2.24) is 4.90 Å². The molecule has 0 bridgehead atoms. The molecule has 0 unspecified atom stereocenters. The van der Waals surface area contributed by atoms with Gasteiger partial charge >= 0.3 is 0 Å². The first kappa shape index (κ1) is 13.4. The van der Waals surface area contributed by atoms with E-state index in [2.05, 4.69) is 13.8 Å². The Morgan fingerprint density at radius 1 is 1.33 bits per heavy atom. The molecule has 1 saturated heterocycles. The molecule has 0 aromatic heterocycles. The Bertz CT molecular complexity index is 425. The second kappa shape index (κ2) is 5.31. The summed E-state index contributed by atoms with van der Waals surface area (Å²) >= 11 is 5.75. The van der Waals surface area contributed by atoms with Crippen molar-refractivity contribution in [3.8, 4) is 0 Å². The molecule has 0 aliphatic carbocycles. The van der Waals surface area contributed by atoms with Gasteiger partial charge in [-0.1, -0.05) is 26.0 Å². The maximum Gasteiger partial charge on any atom is 0.253 e. The number of carbonyl (C=O) groups excluding carboxylic acids is 1. The molecular formula is C15H20ClNO. The molecule has 18 heavy (non-hydrogen) atoms. The first-order chi connectivity index (χ1) is 8.52. The molecular weight excluding hydrogens is 246 g/mol. The molecule has 1 amide bonds. The summed E-state index contributed by atoms with van der Waals surface area (Å²) in [7, 11) is 0. The zero-order valence-electron chi connectivity index (χ0n) is 11.1. The van der Waals surface area contributed by atoms with E-state index >= 15 is 0 Å². The van der Waals surface area contributed by atoms with Gasteiger partial charge < -0.3 is 4.90 Å². The zero-order chi connectivity index (χ0) is 13.2. The summed E-state index contributed by atoms with van der Waals surface area (Å²) < 4.78 is 0. The molecule has 1 aromatic carbocycles. The minimum atomic E-state index is 0.142. The highest BCUT2D eigenvalue weighted by Gasteiger charge is 2.29. The summed E-state index contributed by atoms with van der Waals surface area (Å²) in [6.07, 6.45) is 2.29. The third-order valence-corrected chi connectivity index (χ3v) is 3.85. The van der Waals surface area contributed by atoms with Crippen LogP contribution in [0, 0.1) is 5.41 Å². The number of benzene rings is 1. The summed E-state index contributed by atoms with van der Waals surface area (Å²) in [4.78, 5) is 14.4. The smallest absolute Gasteiger partial charge is 0.253 e. The van der Waals surface area contributed by atoms with E-state index in [1.807, 2.05) is 29.2 Å². The van der Waals surface area contributed by atoms with E-state index in [1.54, 1.807) is 0 Å². The molecule has 98 valence electrons. The van der Waals surface area contributed by atoms with Crippen molar-refractivity contribution in [3.63, 3.8) is 0 Å². The van der Waals surface area contributed by atoms with Crippen molar-refractivity contribution in [2.45, 2.75) is 32.6 Å². The van der Waals surface area contributed by atoms with Gasteiger partial charge in [0.25, 0.3) is 5.91 Å². The number of carbonyl (C=O) groups is 1. The van der Waals surface area contributed by atoms with Crippen molar-refractivity contribution in [3.05, 3.63) is 35.4 Å². The fourth-order valence-corrected chi connectivity index (χ4v) is 2.69. The van der Waals surface area contributed by atoms with Gasteiger partial charge in [-0.3, -0.25) is 4.79 Å². The zero-order valence-corrected chi connectivity index (χ0v) is 11.8. The van der Waals surface area contributed by atoms with Crippen LogP contribution in [-0.4, -0.2) is 23.9 Å². The van der Waals surface area contributed by atoms with E-state index in [1.165, 1.54) is 6.42 Å². The third kappa shape index (κ3) is 3.05. The summed E-state index contributed by atoms with van der Waals surface area (Å²) in [5.41, 5.74) is 2.05. The normalized spacial score (nSPS) is 18.7. The fourth-order valence-electron chi connectivity index (χ4n) is 2.52. The highest BCUT2D eigenvalue weighted by molar-refractivity contribution is 6.17. The lowest BCUT2D eigenvalue weighted by Gasteiger charge is -2.38. The molecule has 1 aliphatic rings. The van der Waals surface area contributed by atoms with Gasteiger partial charge in [-0.25, -0.2) is 0 Å². The first-order valence-electron chi connectivity index (χ1n) is 6.46. The quantitative estimate of drug-likeness (QED) is 0.747. The number of hydrogen-bond donors (Lipinski definition) is 0. The first-order valence-corrected chi connectivity index (χ1v) is 6.99. The van der Waals surface area contributed by atoms with Gasteiger partial charge in [0.2, 0.25) is 0 Å². The van der Waals surface area contributed by atoms with E-state index in [4.69, 9.17) is 11.6 Å². The monoisotopic (exact) mass is 265 g/mol. The summed E-state index contributed by atoms with van der Waals surface area (Å²) in [6, 6.07) is 7.61. The van der Waals surface area contributed by atoms with Crippen LogP contribution >= 0.6 is 11.6 Å². The summed E-state index contributed by atoms with van der Waals surface area (Å²) in [5, 5.41) is 0. The van der Waals surface area contributed by atoms with Crippen molar-refractivity contribution >= 4 is 17.5 Å². The van der Waals surface area contributed by atoms with E-state index in [-0.39, 0.29) is 11.3 Å². The molecule has 1 heterocycles. The van der Waals surface area contributed by atoms with Crippen LogP contribution in [0.2, 0.25) is 0 Å². The minimum Gasteiger partial charge on any atom is -0.338 e. The Morgan fingerprint density at radius 3 is 2.56 bits per heavy atom. The van der Waals surface area contributed by atoms with Crippen LogP contribution in [0.25, 0.3) is 0 Å². The average molecular weight is 266 g/mol. The van der Waals surface area contributed by atoms with Crippen LogP contribution in [0.4, 0.5) is 0 Å². The predicted molar refractivity (Wildman–Crippen MR) is 74.9 cm³/mol. The van der Waals surface area contributed by atoms with Crippen molar-refractivity contribution in [2.24, 2.45) is 5.41 Å². The number of piperidine rings is 1. The summed E-state index contributed by atoms with van der Waals surface area (Å²) in [6.45, 7) is 6.18. The number of nitrogens with zero attached hydrogens (tertiary/aromatic N) is 1. The highest BCUT2D eigenvalue weighted by Crippen LogP contribution is 2.29. The van der Waals surface area contributed by atoms with Crippen molar-refractivity contribution < 1.29 is 4.79 Å². The fraction of sp³-hybridized carbons (Fsp3) is 0.533. The van der Waals surface area contributed by atoms with Crippen LogP contribution in [0.15, 0.2) is 24.3 Å². The van der Waals surface area contributed by atoms with Gasteiger partial charge in [-0.05, 0) is 36.0 Å². The van der Waals surface area contributed by atoms with E-state index < -0.39 is 0 Å². The molecule has 2 rings (SSSR count). The standard InChI is InChI=1S/C15H20ClNO/c1-15(2)8-3-9-17(11-15)14(18)13-6-4-12(10-16)5-7-13/h4-7H,3,8-11H2,1-2H3.